The molecule has 1 nitrogen and oxygen atoms in total. The van der Waals surface area contributed by atoms with Crippen molar-refractivity contribution in [3.63, 3.8) is 0 Å². The van der Waals surface area contributed by atoms with Crippen molar-refractivity contribution in [3.05, 3.63) is 53.1 Å². The Bertz CT molecular complexity index is 582. The van der Waals surface area contributed by atoms with Crippen LogP contribution in [0.2, 0.25) is 0 Å². The van der Waals surface area contributed by atoms with Crippen LogP contribution < -0.4 is 0 Å². The number of halogens is 2. The van der Waals surface area contributed by atoms with Gasteiger partial charge in [0.05, 0.1) is 0 Å². The summed E-state index contributed by atoms with van der Waals surface area (Å²) in [6.45, 7) is 19.6. The fourth-order valence-electron chi connectivity index (χ4n) is 2.55. The summed E-state index contributed by atoms with van der Waals surface area (Å²) in [4.78, 5) is 0. The summed E-state index contributed by atoms with van der Waals surface area (Å²) in [6, 6.07) is 4.34. The third-order valence-corrected chi connectivity index (χ3v) is 4.18. The van der Waals surface area contributed by atoms with Crippen LogP contribution in [-0.2, 0) is 38.0 Å². The number of hydrogen-bond acceptors (Lipinski definition) is 1. The van der Waals surface area contributed by atoms with E-state index in [4.69, 9.17) is 0 Å². The first-order chi connectivity index (χ1) is 10.7. The second kappa shape index (κ2) is 11.2. The molecule has 154 valence electrons. The first-order valence-corrected chi connectivity index (χ1v) is 8.85. The van der Waals surface area contributed by atoms with Gasteiger partial charge in [-0.15, -0.1) is 6.42 Å². The van der Waals surface area contributed by atoms with Gasteiger partial charge in [0.15, 0.2) is 0 Å². The third-order valence-electron chi connectivity index (χ3n) is 4.18. The molecule has 0 heterocycles. The van der Waals surface area contributed by atoms with E-state index in [0.717, 1.165) is 17.5 Å². The summed E-state index contributed by atoms with van der Waals surface area (Å²) >= 11 is 0. The first-order valence-electron chi connectivity index (χ1n) is 8.85. The molecule has 2 rings (SSSR count). The molecule has 0 fully saturated rings. The van der Waals surface area contributed by atoms with Gasteiger partial charge in [-0.25, -0.2) is 12.2 Å². The monoisotopic (exact) mass is 415 g/mol. The fraction of sp³-hybridized carbons (Fsp3) is 0.565. The molecule has 0 saturated heterocycles. The minimum absolute atomic E-state index is 0. The van der Waals surface area contributed by atoms with Crippen LogP contribution in [0.4, 0.5) is 9.41 Å². The summed E-state index contributed by atoms with van der Waals surface area (Å²) in [5.41, 5.74) is 3.37. The normalized spacial score (nSPS) is 12.9. The van der Waals surface area contributed by atoms with E-state index in [1.165, 1.54) is 5.56 Å². The number of benzene rings is 1. The number of aromatic hydroxyl groups is 1. The second-order valence-electron chi connectivity index (χ2n) is 9.67. The van der Waals surface area contributed by atoms with Gasteiger partial charge in [0.25, 0.3) is 0 Å². The number of allylic oxidation sites excluding steroid dienone is 4. The van der Waals surface area contributed by atoms with Gasteiger partial charge in [0, 0.05) is 21.7 Å². The molecule has 0 amide bonds. The molecule has 0 aromatic heterocycles. The zero-order chi connectivity index (χ0) is 18.8. The molecule has 1 aliphatic carbocycles. The Labute approximate surface area is 180 Å². The van der Waals surface area contributed by atoms with Gasteiger partial charge < -0.3 is 5.11 Å². The molecule has 1 aromatic rings. The van der Waals surface area contributed by atoms with Crippen LogP contribution in [0.25, 0.3) is 0 Å². The van der Waals surface area contributed by atoms with Crippen molar-refractivity contribution in [1.82, 2.24) is 0 Å². The number of phenols is 1. The molecular formula is C23H37F2OTi-. The Hall–Kier alpha value is -0.926. The van der Waals surface area contributed by atoms with Crippen LogP contribution >= 0.6 is 0 Å². The second-order valence-corrected chi connectivity index (χ2v) is 9.67. The maximum absolute atomic E-state index is 10.7. The molecule has 0 bridgehead atoms. The largest absolute Gasteiger partial charge is 0.507 e. The Morgan fingerprint density at radius 3 is 1.37 bits per heavy atom. The van der Waals surface area contributed by atoms with Crippen LogP contribution in [0, 0.1) is 6.08 Å². The van der Waals surface area contributed by atoms with E-state index in [2.05, 4.69) is 86.6 Å². The minimum atomic E-state index is -0.0503. The van der Waals surface area contributed by atoms with Crippen LogP contribution in [0.1, 0.15) is 85.4 Å². The summed E-state index contributed by atoms with van der Waals surface area (Å²) < 4.78 is 0. The molecule has 0 saturated carbocycles. The van der Waals surface area contributed by atoms with Crippen molar-refractivity contribution in [2.45, 2.75) is 85.0 Å². The molecular weight excluding hydrogens is 378 g/mol. The van der Waals surface area contributed by atoms with E-state index >= 15 is 0 Å². The Morgan fingerprint density at radius 2 is 1.19 bits per heavy atom. The minimum Gasteiger partial charge on any atom is -0.507 e. The van der Waals surface area contributed by atoms with Gasteiger partial charge in [-0.3, -0.25) is 15.5 Å². The van der Waals surface area contributed by atoms with Crippen molar-refractivity contribution in [2.24, 2.45) is 0 Å². The molecule has 27 heavy (non-hydrogen) atoms. The molecule has 0 atom stereocenters. The Balaban J connectivity index is -0.000000625. The van der Waals surface area contributed by atoms with Crippen LogP contribution in [0.5, 0.6) is 5.75 Å². The van der Waals surface area contributed by atoms with E-state index < -0.39 is 0 Å². The standard InChI is InChI=1S/C18H30O.C5H5.2FH.Ti/c1-16(2,3)12-10-13(17(4,5)6)15(19)14(11-12)18(7,8)9;1-2-4-5-3-1;;;/h10-11,19H,1-9H3;1-3H,4H2;2*1H;/q;-1;;;. The van der Waals surface area contributed by atoms with Gasteiger partial charge in [0.2, 0.25) is 0 Å². The topological polar surface area (TPSA) is 20.2 Å². The molecule has 1 aliphatic rings. The van der Waals surface area contributed by atoms with Gasteiger partial charge in [-0.2, -0.15) is 6.08 Å². The van der Waals surface area contributed by atoms with Crippen LogP contribution in [-0.4, -0.2) is 5.11 Å². The van der Waals surface area contributed by atoms with E-state index in [1.807, 2.05) is 12.2 Å². The van der Waals surface area contributed by atoms with Crippen LogP contribution in [0.15, 0.2) is 30.4 Å². The Morgan fingerprint density at radius 1 is 0.778 bits per heavy atom. The number of phenolic OH excluding ortho intramolecular Hbond substituents is 1. The number of rotatable bonds is 0. The number of hydrogen-bond donors (Lipinski definition) is 1. The van der Waals surface area contributed by atoms with Gasteiger partial charge in [-0.05, 0) is 32.9 Å². The van der Waals surface area contributed by atoms with E-state index in [9.17, 15) is 5.11 Å². The van der Waals surface area contributed by atoms with Crippen molar-refractivity contribution in [3.8, 4) is 5.75 Å². The molecule has 0 radical (unpaired) electrons. The van der Waals surface area contributed by atoms with E-state index in [1.54, 1.807) is 0 Å². The maximum atomic E-state index is 10.7. The summed E-state index contributed by atoms with van der Waals surface area (Å²) in [6.07, 6.45) is 10.0. The quantitative estimate of drug-likeness (QED) is 0.361. The average molecular weight is 415 g/mol. The predicted octanol–water partition coefficient (Wildman–Crippen LogP) is 6.89. The summed E-state index contributed by atoms with van der Waals surface area (Å²) in [7, 11) is 0. The molecule has 0 aliphatic heterocycles. The molecule has 0 spiro atoms. The zero-order valence-electron chi connectivity index (χ0n) is 18.4. The zero-order valence-corrected chi connectivity index (χ0v) is 19.9. The van der Waals surface area contributed by atoms with Crippen molar-refractivity contribution < 1.29 is 36.2 Å². The van der Waals surface area contributed by atoms with Crippen molar-refractivity contribution in [2.75, 3.05) is 0 Å². The predicted molar refractivity (Wildman–Crippen MR) is 111 cm³/mol. The SMILES string of the molecule is CC(C)(C)c1cc(C(C)(C)C)c(O)c(C(C)(C)C)c1.F.F.[C-]1=CC=CC1.[Ti]. The Kier molecular flexibility index (Phi) is 12.7. The molecule has 0 unspecified atom stereocenters. The van der Waals surface area contributed by atoms with E-state index in [-0.39, 0.29) is 47.4 Å². The summed E-state index contributed by atoms with van der Waals surface area (Å²) in [5.74, 6) is 0.466. The maximum Gasteiger partial charge on any atom is 0.123 e. The van der Waals surface area contributed by atoms with Gasteiger partial charge >= 0.3 is 0 Å². The van der Waals surface area contributed by atoms with Crippen molar-refractivity contribution >= 4 is 0 Å². The smallest absolute Gasteiger partial charge is 0.123 e. The first kappa shape index (κ1) is 30.8. The average Bonchev–Trinajstić information content (AvgIpc) is 2.93. The molecule has 1 N–H and O–H groups in total. The third kappa shape index (κ3) is 9.21. The molecule has 1 aromatic carbocycles. The van der Waals surface area contributed by atoms with Gasteiger partial charge in [0.1, 0.15) is 5.75 Å². The van der Waals surface area contributed by atoms with Crippen LogP contribution in [0.3, 0.4) is 0 Å². The summed E-state index contributed by atoms with van der Waals surface area (Å²) in [5, 5.41) is 10.7. The van der Waals surface area contributed by atoms with Gasteiger partial charge in [-0.1, -0.05) is 74.4 Å². The fourth-order valence-corrected chi connectivity index (χ4v) is 2.55. The molecule has 4 heteroatoms. The van der Waals surface area contributed by atoms with Crippen molar-refractivity contribution in [1.29, 1.82) is 0 Å². The van der Waals surface area contributed by atoms with E-state index in [0.29, 0.717) is 5.75 Å².